The lowest BCUT2D eigenvalue weighted by atomic mass is 9.98. The van der Waals surface area contributed by atoms with Crippen molar-refractivity contribution in [3.8, 4) is 0 Å². The molecule has 2 heterocycles. The van der Waals surface area contributed by atoms with E-state index < -0.39 is 70.3 Å². The fourth-order valence-corrected chi connectivity index (χ4v) is 5.63. The first kappa shape index (κ1) is 26.5. The van der Waals surface area contributed by atoms with Gasteiger partial charge in [-0.15, -0.1) is 0 Å². The first-order chi connectivity index (χ1) is 13.8. The van der Waals surface area contributed by atoms with Gasteiger partial charge in [-0.25, -0.2) is 27.3 Å². The van der Waals surface area contributed by atoms with Crippen molar-refractivity contribution in [2.24, 2.45) is 0 Å². The van der Waals surface area contributed by atoms with Crippen molar-refractivity contribution >= 4 is 35.7 Å². The van der Waals surface area contributed by atoms with Crippen LogP contribution >= 0.6 is 35.7 Å². The molecule has 0 radical (unpaired) electrons. The van der Waals surface area contributed by atoms with Gasteiger partial charge in [0.15, 0.2) is 18.2 Å². The maximum Gasteiger partial charge on any atom is 0.490 e. The zero-order valence-electron chi connectivity index (χ0n) is 15.0. The van der Waals surface area contributed by atoms with Crippen molar-refractivity contribution in [3.63, 3.8) is 0 Å². The van der Waals surface area contributed by atoms with Gasteiger partial charge in [-0.2, -0.15) is 8.62 Å². The Bertz CT molecular complexity index is 1100. The molecular formula is C10H15F2N2O13P3S. The molecule has 15 nitrogen and oxygen atoms in total. The molecule has 1 aliphatic rings. The zero-order valence-corrected chi connectivity index (χ0v) is 18.5. The largest absolute Gasteiger partial charge is 0.490 e. The molecule has 0 amide bonds. The SMILES string of the molecule is CC1(O)[C@@H](F)[C@@H](COP(=O)(O)OP(=O)(O)OP(=O)(O)O)O[C@H]1n1cc(F)c(=S)[nH]c1=O. The average molecular weight is 534 g/mol. The summed E-state index contributed by atoms with van der Waals surface area (Å²) in [4.78, 5) is 49.2. The minimum atomic E-state index is -5.80. The van der Waals surface area contributed by atoms with Gasteiger partial charge < -0.3 is 29.4 Å². The molecule has 1 aliphatic heterocycles. The molecule has 0 aliphatic carbocycles. The molecule has 1 aromatic rings. The third kappa shape index (κ3) is 6.65. The van der Waals surface area contributed by atoms with Crippen molar-refractivity contribution < 1.29 is 65.0 Å². The second-order valence-electron chi connectivity index (χ2n) is 6.18. The summed E-state index contributed by atoms with van der Waals surface area (Å²) in [6.07, 6.45) is -5.66. The lowest BCUT2D eigenvalue weighted by Crippen LogP contribution is -2.44. The topological polar surface area (TPSA) is 227 Å². The van der Waals surface area contributed by atoms with E-state index in [0.29, 0.717) is 10.8 Å². The summed E-state index contributed by atoms with van der Waals surface area (Å²) in [5.41, 5.74) is -3.59. The van der Waals surface area contributed by atoms with Crippen molar-refractivity contribution in [3.05, 3.63) is 27.1 Å². The number of nitrogens with zero attached hydrogens (tertiary/aromatic N) is 1. The predicted molar refractivity (Wildman–Crippen MR) is 95.1 cm³/mol. The van der Waals surface area contributed by atoms with Gasteiger partial charge in [-0.3, -0.25) is 14.1 Å². The van der Waals surface area contributed by atoms with E-state index in [1.165, 1.54) is 0 Å². The summed E-state index contributed by atoms with van der Waals surface area (Å²) in [5.74, 6) is -1.11. The van der Waals surface area contributed by atoms with Crippen LogP contribution in [0.15, 0.2) is 11.0 Å². The second kappa shape index (κ2) is 8.91. The molecule has 0 spiro atoms. The number of hydrogen-bond donors (Lipinski definition) is 6. The summed E-state index contributed by atoms with van der Waals surface area (Å²) in [6, 6.07) is 0. The van der Waals surface area contributed by atoms with Gasteiger partial charge in [0, 0.05) is 0 Å². The molecule has 0 aromatic carbocycles. The van der Waals surface area contributed by atoms with Gasteiger partial charge in [-0.05, 0) is 6.92 Å². The molecule has 0 bridgehead atoms. The Kier molecular flexibility index (Phi) is 7.63. The Hall–Kier alpha value is -0.710. The van der Waals surface area contributed by atoms with Crippen LogP contribution < -0.4 is 5.69 Å². The van der Waals surface area contributed by atoms with Gasteiger partial charge in [0.05, 0.1) is 12.8 Å². The molecule has 6 atom stereocenters. The van der Waals surface area contributed by atoms with Crippen LogP contribution in [0.1, 0.15) is 13.2 Å². The maximum absolute atomic E-state index is 14.6. The van der Waals surface area contributed by atoms with Gasteiger partial charge >= 0.3 is 29.2 Å². The van der Waals surface area contributed by atoms with Gasteiger partial charge in [0.2, 0.25) is 0 Å². The minimum Gasteiger partial charge on any atom is -0.382 e. The van der Waals surface area contributed by atoms with Crippen LogP contribution in [-0.4, -0.2) is 58.7 Å². The molecule has 21 heteroatoms. The van der Waals surface area contributed by atoms with Crippen LogP contribution in [0.25, 0.3) is 0 Å². The molecule has 31 heavy (non-hydrogen) atoms. The molecular weight excluding hydrogens is 519 g/mol. The number of phosphoric ester groups is 1. The number of alkyl halides is 1. The van der Waals surface area contributed by atoms with E-state index in [2.05, 4.69) is 25.4 Å². The lowest BCUT2D eigenvalue weighted by Gasteiger charge is -2.26. The summed E-state index contributed by atoms with van der Waals surface area (Å²) >= 11 is 4.52. The first-order valence-electron chi connectivity index (χ1n) is 7.66. The highest BCUT2D eigenvalue weighted by Gasteiger charge is 2.55. The third-order valence-corrected chi connectivity index (χ3v) is 7.78. The average Bonchev–Trinajstić information content (AvgIpc) is 2.76. The van der Waals surface area contributed by atoms with Crippen LogP contribution in [-0.2, 0) is 31.6 Å². The molecule has 0 saturated carbocycles. The fourth-order valence-electron chi connectivity index (χ4n) is 2.46. The van der Waals surface area contributed by atoms with E-state index in [1.807, 2.05) is 4.98 Å². The summed E-state index contributed by atoms with van der Waals surface area (Å²) in [7, 11) is -17.0. The van der Waals surface area contributed by atoms with E-state index in [1.54, 1.807) is 0 Å². The molecule has 6 N–H and O–H groups in total. The number of aromatic nitrogens is 2. The smallest absolute Gasteiger partial charge is 0.382 e. The molecule has 178 valence electrons. The van der Waals surface area contributed by atoms with E-state index >= 15 is 0 Å². The van der Waals surface area contributed by atoms with E-state index in [4.69, 9.17) is 19.4 Å². The van der Waals surface area contributed by atoms with E-state index in [-0.39, 0.29) is 0 Å². The van der Waals surface area contributed by atoms with Gasteiger partial charge in [-0.1, -0.05) is 12.2 Å². The summed E-state index contributed by atoms with van der Waals surface area (Å²) in [5, 5.41) is 10.3. The Morgan fingerprint density at radius 1 is 1.26 bits per heavy atom. The Labute approximate surface area is 175 Å². The standard InChI is InChI=1S/C10H15F2N2O13P3S/c1-10(16)6(12)5(25-8(10)14-2-4(11)7(31)13-9(14)15)3-24-29(20,21)27-30(22,23)26-28(17,18)19/h2,5-6,8,16H,3H2,1H3,(H,20,21)(H,22,23)(H,13,15,31)(H2,17,18,19)/t5-,6+,8-,10?/m1/s1. The normalized spacial score (nSPS) is 30.6. The third-order valence-electron chi connectivity index (χ3n) is 3.68. The number of aromatic amines is 1. The van der Waals surface area contributed by atoms with Crippen LogP contribution in [0, 0.1) is 10.5 Å². The summed E-state index contributed by atoms with van der Waals surface area (Å²) in [6.45, 7) is -0.378. The van der Waals surface area contributed by atoms with Crippen molar-refractivity contribution in [2.75, 3.05) is 6.61 Å². The molecule has 1 saturated heterocycles. The minimum absolute atomic E-state index is 0.433. The number of nitrogens with one attached hydrogen (secondary N) is 1. The quantitative estimate of drug-likeness (QED) is 0.196. The Morgan fingerprint density at radius 2 is 1.84 bits per heavy atom. The van der Waals surface area contributed by atoms with E-state index in [9.17, 15) is 37.3 Å². The van der Waals surface area contributed by atoms with Gasteiger partial charge in [0.1, 0.15) is 16.3 Å². The Morgan fingerprint density at radius 3 is 2.39 bits per heavy atom. The first-order valence-corrected chi connectivity index (χ1v) is 12.6. The molecule has 1 aromatic heterocycles. The predicted octanol–water partition coefficient (Wildman–Crippen LogP) is 0.375. The highest BCUT2D eigenvalue weighted by molar-refractivity contribution is 7.71. The highest BCUT2D eigenvalue weighted by atomic mass is 32.1. The van der Waals surface area contributed by atoms with E-state index in [0.717, 1.165) is 6.92 Å². The monoisotopic (exact) mass is 534 g/mol. The Balaban J connectivity index is 2.17. The lowest BCUT2D eigenvalue weighted by molar-refractivity contribution is -0.0933. The van der Waals surface area contributed by atoms with Crippen molar-refractivity contribution in [1.29, 1.82) is 0 Å². The number of aliphatic hydroxyl groups is 1. The molecule has 2 rings (SSSR count). The van der Waals surface area contributed by atoms with Crippen LogP contribution in [0.4, 0.5) is 8.78 Å². The van der Waals surface area contributed by atoms with Crippen LogP contribution in [0.3, 0.4) is 0 Å². The number of phosphoric acid groups is 3. The second-order valence-corrected chi connectivity index (χ2v) is 11.0. The number of rotatable bonds is 8. The van der Waals surface area contributed by atoms with Crippen LogP contribution in [0.2, 0.25) is 0 Å². The molecule has 1 fully saturated rings. The zero-order chi connectivity index (χ0) is 24.0. The maximum atomic E-state index is 14.6. The molecule has 3 unspecified atom stereocenters. The van der Waals surface area contributed by atoms with Crippen molar-refractivity contribution in [1.82, 2.24) is 9.55 Å². The van der Waals surface area contributed by atoms with Gasteiger partial charge in [0.25, 0.3) is 0 Å². The number of hydrogen-bond acceptors (Lipinski definition) is 10. The number of halogens is 2. The number of ether oxygens (including phenoxy) is 1. The summed E-state index contributed by atoms with van der Waals surface area (Å²) < 4.78 is 78.0. The van der Waals surface area contributed by atoms with Crippen LogP contribution in [0.5, 0.6) is 0 Å². The fraction of sp³-hybridized carbons (Fsp3) is 0.600. The highest BCUT2D eigenvalue weighted by Crippen LogP contribution is 2.66. The van der Waals surface area contributed by atoms with Crippen molar-refractivity contribution in [2.45, 2.75) is 31.0 Å². The number of H-pyrrole nitrogens is 1.